The Morgan fingerprint density at radius 3 is 2.64 bits per heavy atom. The molecule has 0 bridgehead atoms. The molecule has 0 fully saturated rings. The van der Waals surface area contributed by atoms with E-state index in [4.69, 9.17) is 0 Å². The predicted molar refractivity (Wildman–Crippen MR) is 118 cm³/mol. The number of nitrogens with one attached hydrogen (secondary N) is 2. The molecule has 1 aliphatic rings. The van der Waals surface area contributed by atoms with Gasteiger partial charge in [-0.3, -0.25) is 4.79 Å². The van der Waals surface area contributed by atoms with Crippen LogP contribution in [0.25, 0.3) is 0 Å². The minimum absolute atomic E-state index is 0.0401. The summed E-state index contributed by atoms with van der Waals surface area (Å²) in [5, 5.41) is 2.84. The first-order valence-electron chi connectivity index (χ1n) is 10.5. The molecular formula is C24H23F3N4O2. The fourth-order valence-corrected chi connectivity index (χ4v) is 3.89. The van der Waals surface area contributed by atoms with Crippen LogP contribution in [0.3, 0.4) is 0 Å². The number of nitrogens with zero attached hydrogens (tertiary/aromatic N) is 2. The number of halogens is 3. The average Bonchev–Trinajstić information content (AvgIpc) is 2.76. The number of aryl methyl sites for hydroxylation is 2. The van der Waals surface area contributed by atoms with Crippen molar-refractivity contribution < 1.29 is 18.0 Å². The molecule has 4 rings (SSSR count). The van der Waals surface area contributed by atoms with Crippen LogP contribution in [0.5, 0.6) is 0 Å². The summed E-state index contributed by atoms with van der Waals surface area (Å²) in [5.41, 5.74) is 2.54. The molecule has 0 saturated heterocycles. The van der Waals surface area contributed by atoms with E-state index < -0.39 is 17.3 Å². The Morgan fingerprint density at radius 1 is 1.15 bits per heavy atom. The topological polar surface area (TPSA) is 78.1 Å². The standard InChI is InChI=1S/C24H23F3N4O2/c1-14-7-8-17(11-15(14)2)28-23(33)31-10-9-20-18(13-31)22(32)30-21(29-20)12-16-5-3-4-6-19(16)24(25,26)27/h3-8,11H,9-10,12-13H2,1-2H3,(H,28,33)(H,29,30,32). The third kappa shape index (κ3) is 4.92. The van der Waals surface area contributed by atoms with E-state index in [9.17, 15) is 22.8 Å². The quantitative estimate of drug-likeness (QED) is 0.605. The second-order valence-corrected chi connectivity index (χ2v) is 8.17. The Morgan fingerprint density at radius 2 is 1.91 bits per heavy atom. The number of H-pyrrole nitrogens is 1. The van der Waals surface area contributed by atoms with E-state index in [0.717, 1.165) is 17.2 Å². The van der Waals surface area contributed by atoms with E-state index in [-0.39, 0.29) is 30.4 Å². The zero-order valence-electron chi connectivity index (χ0n) is 18.2. The van der Waals surface area contributed by atoms with Crippen LogP contribution in [0.15, 0.2) is 47.3 Å². The first-order valence-corrected chi connectivity index (χ1v) is 10.5. The predicted octanol–water partition coefficient (Wildman–Crippen LogP) is 4.59. The summed E-state index contributed by atoms with van der Waals surface area (Å²) in [4.78, 5) is 33.9. The van der Waals surface area contributed by atoms with Crippen LogP contribution in [-0.2, 0) is 25.6 Å². The Labute approximate surface area is 188 Å². The Balaban J connectivity index is 1.52. The van der Waals surface area contributed by atoms with E-state index in [0.29, 0.717) is 29.9 Å². The minimum Gasteiger partial charge on any atom is -0.320 e. The third-order valence-corrected chi connectivity index (χ3v) is 5.84. The molecule has 3 aromatic rings. The highest BCUT2D eigenvalue weighted by molar-refractivity contribution is 5.89. The number of carbonyl (C=O) groups is 1. The molecule has 2 aromatic carbocycles. The van der Waals surface area contributed by atoms with Crippen molar-refractivity contribution in [1.29, 1.82) is 0 Å². The lowest BCUT2D eigenvalue weighted by atomic mass is 10.0. The van der Waals surface area contributed by atoms with Crippen molar-refractivity contribution in [2.45, 2.75) is 39.4 Å². The fourth-order valence-electron chi connectivity index (χ4n) is 3.89. The molecule has 2 amide bonds. The zero-order valence-corrected chi connectivity index (χ0v) is 18.2. The maximum Gasteiger partial charge on any atom is 0.416 e. The fraction of sp³-hybridized carbons (Fsp3) is 0.292. The molecule has 0 atom stereocenters. The third-order valence-electron chi connectivity index (χ3n) is 5.84. The first-order chi connectivity index (χ1) is 15.6. The molecule has 1 aliphatic heterocycles. The normalized spacial score (nSPS) is 13.5. The number of amides is 2. The number of alkyl halides is 3. The summed E-state index contributed by atoms with van der Waals surface area (Å²) in [6.07, 6.45) is -4.29. The van der Waals surface area contributed by atoms with Crippen LogP contribution < -0.4 is 10.9 Å². The van der Waals surface area contributed by atoms with Gasteiger partial charge in [-0.05, 0) is 48.7 Å². The Kier molecular flexibility index (Phi) is 5.97. The van der Waals surface area contributed by atoms with Gasteiger partial charge in [-0.2, -0.15) is 13.2 Å². The van der Waals surface area contributed by atoms with Gasteiger partial charge in [-0.15, -0.1) is 0 Å². The second-order valence-electron chi connectivity index (χ2n) is 8.17. The summed E-state index contributed by atoms with van der Waals surface area (Å²) < 4.78 is 39.9. The average molecular weight is 456 g/mol. The molecule has 0 unspecified atom stereocenters. The van der Waals surface area contributed by atoms with Gasteiger partial charge in [-0.1, -0.05) is 24.3 Å². The molecule has 2 heterocycles. The largest absolute Gasteiger partial charge is 0.416 e. The number of rotatable bonds is 3. The van der Waals surface area contributed by atoms with E-state index in [2.05, 4.69) is 15.3 Å². The Bertz CT molecular complexity index is 1270. The molecule has 0 saturated carbocycles. The van der Waals surface area contributed by atoms with Crippen molar-refractivity contribution in [3.8, 4) is 0 Å². The van der Waals surface area contributed by atoms with Gasteiger partial charge in [0.1, 0.15) is 5.82 Å². The molecule has 2 N–H and O–H groups in total. The van der Waals surface area contributed by atoms with Gasteiger partial charge >= 0.3 is 12.2 Å². The molecule has 9 heteroatoms. The maximum atomic E-state index is 13.3. The van der Waals surface area contributed by atoms with Crippen molar-refractivity contribution in [1.82, 2.24) is 14.9 Å². The van der Waals surface area contributed by atoms with Gasteiger partial charge in [0.15, 0.2) is 0 Å². The van der Waals surface area contributed by atoms with Gasteiger partial charge in [0, 0.05) is 25.1 Å². The zero-order chi connectivity index (χ0) is 23.8. The molecule has 0 radical (unpaired) electrons. The summed E-state index contributed by atoms with van der Waals surface area (Å²) in [5.74, 6) is 0.170. The lowest BCUT2D eigenvalue weighted by molar-refractivity contribution is -0.138. The highest BCUT2D eigenvalue weighted by Gasteiger charge is 2.33. The first kappa shape index (κ1) is 22.6. The van der Waals surface area contributed by atoms with Crippen molar-refractivity contribution in [3.05, 3.63) is 92.2 Å². The number of benzene rings is 2. The molecular weight excluding hydrogens is 433 g/mol. The summed E-state index contributed by atoms with van der Waals surface area (Å²) in [6.45, 7) is 4.36. The number of hydrogen-bond acceptors (Lipinski definition) is 3. The van der Waals surface area contributed by atoms with Gasteiger partial charge in [0.2, 0.25) is 0 Å². The van der Waals surface area contributed by atoms with Crippen molar-refractivity contribution in [2.24, 2.45) is 0 Å². The maximum absolute atomic E-state index is 13.3. The van der Waals surface area contributed by atoms with Crippen LogP contribution in [-0.4, -0.2) is 27.4 Å². The number of hydrogen-bond donors (Lipinski definition) is 2. The van der Waals surface area contributed by atoms with E-state index in [1.807, 2.05) is 32.0 Å². The summed E-state index contributed by atoms with van der Waals surface area (Å²) >= 11 is 0. The van der Waals surface area contributed by atoms with Gasteiger partial charge in [-0.25, -0.2) is 9.78 Å². The van der Waals surface area contributed by atoms with Crippen molar-refractivity contribution in [3.63, 3.8) is 0 Å². The molecule has 0 spiro atoms. The van der Waals surface area contributed by atoms with Crippen LogP contribution in [0.2, 0.25) is 0 Å². The second kappa shape index (κ2) is 8.73. The highest BCUT2D eigenvalue weighted by atomic mass is 19.4. The molecule has 0 aliphatic carbocycles. The lowest BCUT2D eigenvalue weighted by Crippen LogP contribution is -2.42. The Hall–Kier alpha value is -3.62. The smallest absolute Gasteiger partial charge is 0.320 e. The number of anilines is 1. The van der Waals surface area contributed by atoms with E-state index >= 15 is 0 Å². The van der Waals surface area contributed by atoms with Crippen LogP contribution in [0.4, 0.5) is 23.7 Å². The van der Waals surface area contributed by atoms with E-state index in [1.165, 1.54) is 23.1 Å². The number of aromatic amines is 1. The van der Waals surface area contributed by atoms with Crippen molar-refractivity contribution in [2.75, 3.05) is 11.9 Å². The lowest BCUT2D eigenvalue weighted by Gasteiger charge is -2.28. The summed E-state index contributed by atoms with van der Waals surface area (Å²) in [6, 6.07) is 10.5. The highest BCUT2D eigenvalue weighted by Crippen LogP contribution is 2.32. The molecule has 6 nitrogen and oxygen atoms in total. The van der Waals surface area contributed by atoms with Crippen molar-refractivity contribution >= 4 is 11.7 Å². The van der Waals surface area contributed by atoms with Crippen LogP contribution in [0, 0.1) is 13.8 Å². The van der Waals surface area contributed by atoms with Crippen LogP contribution in [0.1, 0.15) is 39.3 Å². The molecule has 172 valence electrons. The van der Waals surface area contributed by atoms with Gasteiger partial charge in [0.05, 0.1) is 23.4 Å². The minimum atomic E-state index is -4.49. The van der Waals surface area contributed by atoms with Gasteiger partial charge in [0.25, 0.3) is 5.56 Å². The number of carbonyl (C=O) groups excluding carboxylic acids is 1. The van der Waals surface area contributed by atoms with Gasteiger partial charge < -0.3 is 15.2 Å². The number of fused-ring (bicyclic) bond motifs is 1. The molecule has 33 heavy (non-hydrogen) atoms. The number of urea groups is 1. The van der Waals surface area contributed by atoms with Crippen LogP contribution >= 0.6 is 0 Å². The monoisotopic (exact) mass is 456 g/mol. The summed E-state index contributed by atoms with van der Waals surface area (Å²) in [7, 11) is 0. The van der Waals surface area contributed by atoms with E-state index in [1.54, 1.807) is 0 Å². The molecule has 1 aromatic heterocycles. The SMILES string of the molecule is Cc1ccc(NC(=O)N2CCc3nc(Cc4ccccc4C(F)(F)F)[nH]c(=O)c3C2)cc1C. The number of aromatic nitrogens is 2.